The topological polar surface area (TPSA) is 33.2 Å². The molecule has 0 unspecified atom stereocenters. The van der Waals surface area contributed by atoms with Gasteiger partial charge < -0.3 is 4.90 Å². The number of benzene rings is 1. The van der Waals surface area contributed by atoms with Crippen LogP contribution in [0.15, 0.2) is 42.7 Å². The Morgan fingerprint density at radius 1 is 1.42 bits per heavy atom. The van der Waals surface area contributed by atoms with Gasteiger partial charge in [0.05, 0.1) is 10.6 Å². The number of nitrogens with zero attached hydrogens (tertiary/aromatic N) is 2. The molecule has 0 aliphatic rings. The third-order valence-electron chi connectivity index (χ3n) is 2.68. The number of carbonyl (C=O) groups excluding carboxylic acids is 1. The summed E-state index contributed by atoms with van der Waals surface area (Å²) in [4.78, 5) is 17.7. The van der Waals surface area contributed by atoms with Gasteiger partial charge >= 0.3 is 0 Å². The van der Waals surface area contributed by atoms with Crippen LogP contribution in [-0.2, 0) is 0 Å². The first-order valence-electron chi connectivity index (χ1n) is 5.80. The van der Waals surface area contributed by atoms with Crippen LogP contribution in [0, 0.1) is 5.82 Å². The molecule has 1 aromatic heterocycles. The zero-order valence-corrected chi connectivity index (χ0v) is 11.1. The molecule has 1 heterocycles. The molecular formula is C14H12ClFN2O. The summed E-state index contributed by atoms with van der Waals surface area (Å²) in [6.45, 7) is 2.22. The molecule has 0 radical (unpaired) electrons. The number of hydrogen-bond donors (Lipinski definition) is 0. The van der Waals surface area contributed by atoms with E-state index >= 15 is 0 Å². The van der Waals surface area contributed by atoms with Crippen molar-refractivity contribution in [3.8, 4) is 0 Å². The first kappa shape index (κ1) is 13.5. The Morgan fingerprint density at radius 2 is 2.21 bits per heavy atom. The molecule has 0 fully saturated rings. The van der Waals surface area contributed by atoms with Crippen LogP contribution in [-0.4, -0.2) is 17.4 Å². The highest BCUT2D eigenvalue weighted by molar-refractivity contribution is 6.34. The van der Waals surface area contributed by atoms with E-state index in [1.54, 1.807) is 18.2 Å². The van der Waals surface area contributed by atoms with Gasteiger partial charge in [-0.2, -0.15) is 0 Å². The molecule has 0 saturated heterocycles. The number of amides is 1. The van der Waals surface area contributed by atoms with Crippen LogP contribution >= 0.6 is 11.6 Å². The summed E-state index contributed by atoms with van der Waals surface area (Å²) < 4.78 is 13.2. The van der Waals surface area contributed by atoms with Crippen LogP contribution in [0.3, 0.4) is 0 Å². The van der Waals surface area contributed by atoms with Crippen molar-refractivity contribution >= 4 is 23.2 Å². The second kappa shape index (κ2) is 5.80. The number of hydrogen-bond acceptors (Lipinski definition) is 2. The molecule has 5 heteroatoms. The molecule has 0 aliphatic heterocycles. The van der Waals surface area contributed by atoms with Gasteiger partial charge in [0.2, 0.25) is 0 Å². The fraction of sp³-hybridized carbons (Fsp3) is 0.143. The predicted molar refractivity (Wildman–Crippen MR) is 73.0 cm³/mol. The van der Waals surface area contributed by atoms with Crippen LogP contribution in [0.4, 0.5) is 10.1 Å². The molecule has 1 aromatic carbocycles. The largest absolute Gasteiger partial charge is 0.308 e. The Balaban J connectivity index is 2.38. The van der Waals surface area contributed by atoms with E-state index in [-0.39, 0.29) is 11.7 Å². The van der Waals surface area contributed by atoms with Gasteiger partial charge in [0.15, 0.2) is 0 Å². The lowest BCUT2D eigenvalue weighted by molar-refractivity contribution is 0.0988. The van der Waals surface area contributed by atoms with Crippen LogP contribution in [0.5, 0.6) is 0 Å². The lowest BCUT2D eigenvalue weighted by atomic mass is 10.2. The summed E-state index contributed by atoms with van der Waals surface area (Å²) in [5.41, 5.74) is 0.794. The lowest BCUT2D eigenvalue weighted by Gasteiger charge is -2.21. The minimum absolute atomic E-state index is 0.300. The van der Waals surface area contributed by atoms with Crippen molar-refractivity contribution in [1.29, 1.82) is 0 Å². The number of halogens is 2. The van der Waals surface area contributed by atoms with Crippen molar-refractivity contribution in [2.75, 3.05) is 11.4 Å². The van der Waals surface area contributed by atoms with Crippen molar-refractivity contribution < 1.29 is 9.18 Å². The van der Waals surface area contributed by atoms with E-state index in [1.807, 2.05) is 6.92 Å². The molecule has 98 valence electrons. The number of rotatable bonds is 3. The van der Waals surface area contributed by atoms with E-state index < -0.39 is 0 Å². The third-order valence-corrected chi connectivity index (χ3v) is 3.01. The first-order chi connectivity index (χ1) is 9.13. The van der Waals surface area contributed by atoms with E-state index in [4.69, 9.17) is 11.6 Å². The van der Waals surface area contributed by atoms with Gasteiger partial charge in [-0.1, -0.05) is 17.7 Å². The molecule has 19 heavy (non-hydrogen) atoms. The molecule has 0 atom stereocenters. The van der Waals surface area contributed by atoms with Gasteiger partial charge in [-0.3, -0.25) is 9.78 Å². The summed E-state index contributed by atoms with van der Waals surface area (Å²) in [7, 11) is 0. The fourth-order valence-corrected chi connectivity index (χ4v) is 1.95. The fourth-order valence-electron chi connectivity index (χ4n) is 1.77. The monoisotopic (exact) mass is 278 g/mol. The van der Waals surface area contributed by atoms with Crippen LogP contribution in [0.1, 0.15) is 17.3 Å². The first-order valence-corrected chi connectivity index (χ1v) is 6.18. The third kappa shape index (κ3) is 2.90. The van der Waals surface area contributed by atoms with Gasteiger partial charge in [0.1, 0.15) is 5.82 Å². The Labute approximate surface area is 115 Å². The van der Waals surface area contributed by atoms with E-state index in [2.05, 4.69) is 4.98 Å². The zero-order valence-electron chi connectivity index (χ0n) is 10.3. The SMILES string of the molecule is CCN(C(=O)c1cnccc1Cl)c1cccc(F)c1. The van der Waals surface area contributed by atoms with Gasteiger partial charge in [-0.05, 0) is 31.2 Å². The second-order valence-corrected chi connectivity index (χ2v) is 4.29. The minimum Gasteiger partial charge on any atom is -0.308 e. The summed E-state index contributed by atoms with van der Waals surface area (Å²) in [6, 6.07) is 7.43. The Morgan fingerprint density at radius 3 is 2.84 bits per heavy atom. The van der Waals surface area contributed by atoms with Crippen LogP contribution in [0.2, 0.25) is 5.02 Å². The van der Waals surface area contributed by atoms with Crippen LogP contribution in [0.25, 0.3) is 0 Å². The molecule has 0 aliphatic carbocycles. The minimum atomic E-state index is -0.388. The summed E-state index contributed by atoms with van der Waals surface area (Å²) in [5, 5.41) is 0.329. The smallest absolute Gasteiger partial charge is 0.261 e. The van der Waals surface area contributed by atoms with Crippen molar-refractivity contribution in [2.45, 2.75) is 6.92 Å². The van der Waals surface area contributed by atoms with E-state index in [9.17, 15) is 9.18 Å². The van der Waals surface area contributed by atoms with Crippen molar-refractivity contribution in [3.63, 3.8) is 0 Å². The van der Waals surface area contributed by atoms with E-state index in [1.165, 1.54) is 29.4 Å². The highest BCUT2D eigenvalue weighted by Crippen LogP contribution is 2.21. The summed E-state index contributed by atoms with van der Waals surface area (Å²) in [6.07, 6.45) is 2.92. The lowest BCUT2D eigenvalue weighted by Crippen LogP contribution is -2.31. The van der Waals surface area contributed by atoms with E-state index in [0.717, 1.165) is 0 Å². The normalized spacial score (nSPS) is 10.3. The van der Waals surface area contributed by atoms with Crippen molar-refractivity contribution in [1.82, 2.24) is 4.98 Å². The highest BCUT2D eigenvalue weighted by Gasteiger charge is 2.19. The van der Waals surface area contributed by atoms with Crippen molar-refractivity contribution in [3.05, 3.63) is 59.1 Å². The predicted octanol–water partition coefficient (Wildman–Crippen LogP) is 3.54. The molecular weight excluding hydrogens is 267 g/mol. The summed E-state index contributed by atoms with van der Waals surface area (Å²) in [5.74, 6) is -0.688. The Kier molecular flexibility index (Phi) is 4.12. The molecule has 0 N–H and O–H groups in total. The van der Waals surface area contributed by atoms with Crippen molar-refractivity contribution in [2.24, 2.45) is 0 Å². The number of anilines is 1. The molecule has 2 rings (SSSR count). The van der Waals surface area contributed by atoms with Gasteiger partial charge in [-0.25, -0.2) is 4.39 Å². The molecule has 0 saturated carbocycles. The second-order valence-electron chi connectivity index (χ2n) is 3.88. The van der Waals surface area contributed by atoms with Crippen LogP contribution < -0.4 is 4.90 Å². The summed E-state index contributed by atoms with van der Waals surface area (Å²) >= 11 is 5.98. The number of carbonyl (C=O) groups is 1. The molecule has 2 aromatic rings. The maximum atomic E-state index is 13.2. The molecule has 1 amide bonds. The zero-order chi connectivity index (χ0) is 13.8. The maximum Gasteiger partial charge on any atom is 0.261 e. The molecule has 3 nitrogen and oxygen atoms in total. The Bertz CT molecular complexity index is 604. The molecule has 0 bridgehead atoms. The number of aromatic nitrogens is 1. The number of pyridine rings is 1. The Hall–Kier alpha value is -1.94. The standard InChI is InChI=1S/C14H12ClFN2O/c1-2-18(11-5-3-4-10(16)8-11)14(19)12-9-17-7-6-13(12)15/h3-9H,2H2,1H3. The van der Waals surface area contributed by atoms with Gasteiger partial charge in [0.25, 0.3) is 5.91 Å². The maximum absolute atomic E-state index is 13.2. The van der Waals surface area contributed by atoms with Gasteiger partial charge in [0, 0.05) is 24.6 Å². The average molecular weight is 279 g/mol. The molecule has 0 spiro atoms. The highest BCUT2D eigenvalue weighted by atomic mass is 35.5. The quantitative estimate of drug-likeness (QED) is 0.860. The van der Waals surface area contributed by atoms with Gasteiger partial charge in [-0.15, -0.1) is 0 Å². The van der Waals surface area contributed by atoms with E-state index in [0.29, 0.717) is 22.8 Å². The average Bonchev–Trinajstić information content (AvgIpc) is 2.40.